The largest absolute Gasteiger partial charge is 0.444 e. The van der Waals surface area contributed by atoms with Gasteiger partial charge in [0.1, 0.15) is 11.2 Å². The minimum absolute atomic E-state index is 0.0230. The average Bonchev–Trinajstić information content (AvgIpc) is 3.07. The van der Waals surface area contributed by atoms with Crippen LogP contribution in [-0.4, -0.2) is 44.0 Å². The first-order valence-corrected chi connectivity index (χ1v) is 17.2. The molecule has 2 aliphatic carbocycles. The number of rotatable bonds is 11. The molecular formula is C30H49NO5Si. The van der Waals surface area contributed by atoms with Crippen molar-refractivity contribution in [2.45, 2.75) is 117 Å². The van der Waals surface area contributed by atoms with Gasteiger partial charge in [0.25, 0.3) is 0 Å². The Hall–Kier alpha value is -1.70. The Morgan fingerprint density at radius 2 is 1.76 bits per heavy atom. The van der Waals surface area contributed by atoms with Crippen molar-refractivity contribution < 1.29 is 23.5 Å². The van der Waals surface area contributed by atoms with Gasteiger partial charge < -0.3 is 19.2 Å². The third-order valence-corrected chi connectivity index (χ3v) is 9.63. The third-order valence-electron chi connectivity index (χ3n) is 8.67. The maximum atomic E-state index is 14.3. The van der Waals surface area contributed by atoms with Gasteiger partial charge in [-0.2, -0.15) is 0 Å². The van der Waals surface area contributed by atoms with E-state index in [9.17, 15) is 9.59 Å². The van der Waals surface area contributed by atoms with E-state index < -0.39 is 31.7 Å². The van der Waals surface area contributed by atoms with Crippen molar-refractivity contribution in [3.63, 3.8) is 0 Å². The van der Waals surface area contributed by atoms with Crippen LogP contribution in [-0.2, 0) is 25.3 Å². The zero-order chi connectivity index (χ0) is 27.7. The molecule has 2 fully saturated rings. The van der Waals surface area contributed by atoms with Crippen LogP contribution in [0.5, 0.6) is 0 Å². The molecule has 0 heterocycles. The molecule has 0 unspecified atom stereocenters. The van der Waals surface area contributed by atoms with E-state index in [0.717, 1.165) is 24.8 Å². The topological polar surface area (TPSA) is 73.9 Å². The Balaban J connectivity index is 1.78. The Morgan fingerprint density at radius 1 is 1.11 bits per heavy atom. The van der Waals surface area contributed by atoms with Gasteiger partial charge in [0.05, 0.1) is 6.61 Å². The molecule has 0 aromatic heterocycles. The fourth-order valence-electron chi connectivity index (χ4n) is 6.48. The highest BCUT2D eigenvalue weighted by Gasteiger charge is 2.72. The van der Waals surface area contributed by atoms with Crippen molar-refractivity contribution in [2.75, 3.05) is 6.61 Å². The Kier molecular flexibility index (Phi) is 8.72. The van der Waals surface area contributed by atoms with E-state index in [2.05, 4.69) is 45.7 Å². The number of fused-ring (bicyclic) bond motifs is 2. The lowest BCUT2D eigenvalue weighted by Gasteiger charge is -2.50. The van der Waals surface area contributed by atoms with Gasteiger partial charge in [-0.25, -0.2) is 4.79 Å². The molecule has 3 rings (SSSR count). The second-order valence-corrected chi connectivity index (χ2v) is 18.3. The zero-order valence-electron chi connectivity index (χ0n) is 24.5. The number of amides is 1. The van der Waals surface area contributed by atoms with Gasteiger partial charge in [0, 0.05) is 24.5 Å². The lowest BCUT2D eigenvalue weighted by Crippen LogP contribution is -2.59. The van der Waals surface area contributed by atoms with Gasteiger partial charge in [-0.1, -0.05) is 51.1 Å². The standard InChI is InChI=1S/C30H49NO5Si/c1-27(2,3)35-26(33)31-24(16-18-34-21-22-13-11-10-12-14-22)19-25(32)30(36-37(7,8)9)20-23-15-17-29(30,6)28(23,4)5/h10-14,23-24H,15-21H2,1-9H3,(H,31,33)/t23-,24-,29-,30-/m1/s1. The van der Waals surface area contributed by atoms with Crippen molar-refractivity contribution in [3.05, 3.63) is 35.9 Å². The van der Waals surface area contributed by atoms with Crippen LogP contribution in [0.15, 0.2) is 30.3 Å². The lowest BCUT2D eigenvalue weighted by atomic mass is 9.62. The number of benzene rings is 1. The number of hydrogen-bond donors (Lipinski definition) is 1. The van der Waals surface area contributed by atoms with E-state index in [1.807, 2.05) is 51.1 Å². The quantitative estimate of drug-likeness (QED) is 0.249. The highest BCUT2D eigenvalue weighted by atomic mass is 28.4. The summed E-state index contributed by atoms with van der Waals surface area (Å²) in [5, 5.41) is 2.98. The van der Waals surface area contributed by atoms with Gasteiger partial charge in [-0.3, -0.25) is 4.79 Å². The molecule has 1 amide bonds. The number of alkyl carbamates (subject to hydrolysis) is 1. The second kappa shape index (κ2) is 10.8. The molecule has 2 aliphatic rings. The van der Waals surface area contributed by atoms with E-state index in [-0.39, 0.29) is 23.0 Å². The summed E-state index contributed by atoms with van der Waals surface area (Å²) in [6.07, 6.45) is 3.11. The molecule has 6 nitrogen and oxygen atoms in total. The van der Waals surface area contributed by atoms with Crippen LogP contribution < -0.4 is 5.32 Å². The first-order valence-electron chi connectivity index (χ1n) is 13.8. The highest BCUT2D eigenvalue weighted by Crippen LogP contribution is 2.71. The maximum absolute atomic E-state index is 14.3. The Labute approximate surface area is 225 Å². The van der Waals surface area contributed by atoms with Gasteiger partial charge in [-0.15, -0.1) is 0 Å². The van der Waals surface area contributed by atoms with Crippen molar-refractivity contribution in [1.29, 1.82) is 0 Å². The van der Waals surface area contributed by atoms with Crippen molar-refractivity contribution in [1.82, 2.24) is 5.32 Å². The highest BCUT2D eigenvalue weighted by molar-refractivity contribution is 6.70. The van der Waals surface area contributed by atoms with Crippen LogP contribution >= 0.6 is 0 Å². The fourth-order valence-corrected chi connectivity index (χ4v) is 7.95. The number of nitrogens with one attached hydrogen (secondary N) is 1. The minimum atomic E-state index is -2.05. The number of carbonyl (C=O) groups is 2. The molecule has 208 valence electrons. The molecule has 1 N–H and O–H groups in total. The van der Waals surface area contributed by atoms with Crippen LogP contribution in [0.4, 0.5) is 4.79 Å². The Morgan fingerprint density at radius 3 is 2.27 bits per heavy atom. The van der Waals surface area contributed by atoms with E-state index in [0.29, 0.717) is 25.6 Å². The molecule has 0 radical (unpaired) electrons. The van der Waals surface area contributed by atoms with Gasteiger partial charge in [-0.05, 0) is 83.0 Å². The van der Waals surface area contributed by atoms with Crippen LogP contribution in [0.25, 0.3) is 0 Å². The molecule has 0 spiro atoms. The predicted molar refractivity (Wildman–Crippen MR) is 150 cm³/mol. The molecule has 2 saturated carbocycles. The van der Waals surface area contributed by atoms with Gasteiger partial charge in [0.15, 0.2) is 14.1 Å². The first-order chi connectivity index (χ1) is 17.0. The summed E-state index contributed by atoms with van der Waals surface area (Å²) in [6, 6.07) is 9.60. The second-order valence-electron chi connectivity index (χ2n) is 13.8. The molecule has 4 atom stereocenters. The van der Waals surface area contributed by atoms with E-state index in [1.165, 1.54) is 0 Å². The van der Waals surface area contributed by atoms with Crippen LogP contribution in [0, 0.1) is 16.7 Å². The maximum Gasteiger partial charge on any atom is 0.407 e. The summed E-state index contributed by atoms with van der Waals surface area (Å²) >= 11 is 0. The number of hydrogen-bond acceptors (Lipinski definition) is 5. The van der Waals surface area contributed by atoms with Crippen molar-refractivity contribution in [3.8, 4) is 0 Å². The fraction of sp³-hybridized carbons (Fsp3) is 0.733. The monoisotopic (exact) mass is 531 g/mol. The zero-order valence-corrected chi connectivity index (χ0v) is 25.5. The number of ether oxygens (including phenoxy) is 2. The summed E-state index contributed by atoms with van der Waals surface area (Å²) in [5.41, 5.74) is -0.554. The summed E-state index contributed by atoms with van der Waals surface area (Å²) in [7, 11) is -2.05. The smallest absolute Gasteiger partial charge is 0.407 e. The normalized spacial score (nSPS) is 27.6. The molecule has 2 bridgehead atoms. The van der Waals surface area contributed by atoms with Crippen molar-refractivity contribution in [2.24, 2.45) is 16.7 Å². The summed E-state index contributed by atoms with van der Waals surface area (Å²) in [4.78, 5) is 27.0. The number of carbonyl (C=O) groups excluding carboxylic acids is 2. The van der Waals surface area contributed by atoms with Crippen LogP contribution in [0.2, 0.25) is 19.6 Å². The predicted octanol–water partition coefficient (Wildman–Crippen LogP) is 6.88. The van der Waals surface area contributed by atoms with Crippen LogP contribution in [0.3, 0.4) is 0 Å². The first kappa shape index (κ1) is 29.8. The van der Waals surface area contributed by atoms with E-state index in [1.54, 1.807) is 0 Å². The summed E-state index contributed by atoms with van der Waals surface area (Å²) in [6.45, 7) is 19.8. The van der Waals surface area contributed by atoms with E-state index in [4.69, 9.17) is 13.9 Å². The SMILES string of the molecule is CC(C)(C)OC(=O)N[C@H](CCOCc1ccccc1)CC(=O)[C@]1(O[Si](C)(C)C)C[C@H]2CC[C@]1(C)C2(C)C. The Bertz CT molecular complexity index is 951. The molecule has 1 aromatic carbocycles. The number of Topliss-reactive ketones (excluding diaryl/α,β-unsaturated/α-hetero) is 1. The lowest BCUT2D eigenvalue weighted by molar-refractivity contribution is -0.152. The summed E-state index contributed by atoms with van der Waals surface area (Å²) < 4.78 is 18.4. The van der Waals surface area contributed by atoms with E-state index >= 15 is 0 Å². The third kappa shape index (κ3) is 6.66. The molecule has 0 aliphatic heterocycles. The minimum Gasteiger partial charge on any atom is -0.444 e. The van der Waals surface area contributed by atoms with Gasteiger partial charge >= 0.3 is 6.09 Å². The summed E-state index contributed by atoms with van der Waals surface area (Å²) in [5.74, 6) is 0.570. The molecule has 7 heteroatoms. The molecule has 1 aromatic rings. The van der Waals surface area contributed by atoms with Crippen LogP contribution in [0.1, 0.15) is 79.2 Å². The molecule has 37 heavy (non-hydrogen) atoms. The van der Waals surface area contributed by atoms with Crippen molar-refractivity contribution >= 4 is 20.2 Å². The van der Waals surface area contributed by atoms with Gasteiger partial charge in [0.2, 0.25) is 0 Å². The molecule has 0 saturated heterocycles. The average molecular weight is 532 g/mol. The number of ketones is 1. The molecular weight excluding hydrogens is 482 g/mol.